The summed E-state index contributed by atoms with van der Waals surface area (Å²) in [6.07, 6.45) is 12.5. The number of hydrogen-bond donors (Lipinski definition) is 9. The monoisotopic (exact) mass is 1090 g/mol. The van der Waals surface area contributed by atoms with Crippen LogP contribution in [0.3, 0.4) is 0 Å². The number of nitrogens with one attached hydrogen (secondary N) is 7. The van der Waals surface area contributed by atoms with Crippen LogP contribution in [0.4, 0.5) is 15.5 Å². The van der Waals surface area contributed by atoms with E-state index in [0.29, 0.717) is 93.3 Å². The molecule has 6 rings (SSSR count). The van der Waals surface area contributed by atoms with Crippen molar-refractivity contribution in [3.05, 3.63) is 92.8 Å². The van der Waals surface area contributed by atoms with E-state index in [1.807, 2.05) is 64.1 Å². The molecule has 2 aromatic rings. The third-order valence-electron chi connectivity index (χ3n) is 16.2. The molecule has 416 valence electrons. The summed E-state index contributed by atoms with van der Waals surface area (Å²) in [5.41, 5.74) is 5.04. The quantitative estimate of drug-likeness (QED) is 0.0188. The van der Waals surface area contributed by atoms with E-state index in [4.69, 9.17) is 11.6 Å². The number of nitrogens with two attached hydrogens (primary N) is 2. The number of hydrogen-bond acceptors (Lipinski definition) is 13. The van der Waals surface area contributed by atoms with Crippen LogP contribution in [0.2, 0.25) is 0 Å². The van der Waals surface area contributed by atoms with E-state index in [1.54, 1.807) is 13.8 Å². The number of rotatable bonds is 27. The van der Waals surface area contributed by atoms with Crippen LogP contribution >= 0.6 is 0 Å². The van der Waals surface area contributed by atoms with E-state index in [9.17, 15) is 45.6 Å². The van der Waals surface area contributed by atoms with E-state index in [0.717, 1.165) is 29.0 Å². The summed E-state index contributed by atoms with van der Waals surface area (Å²) in [4.78, 5) is 82.3. The number of aromatic nitrogens is 2. The molecule has 4 aliphatic rings. The molecule has 4 saturated carbocycles. The second kappa shape index (κ2) is 24.1. The third-order valence-corrected chi connectivity index (χ3v) is 19.3. The van der Waals surface area contributed by atoms with Gasteiger partial charge in [-0.05, 0) is 111 Å². The van der Waals surface area contributed by atoms with Crippen molar-refractivity contribution in [3.63, 3.8) is 0 Å². The van der Waals surface area contributed by atoms with E-state index >= 15 is 0 Å². The fourth-order valence-electron chi connectivity index (χ4n) is 12.0. The smallest absolute Gasteiger partial charge is 0.338 e. The molecule has 5 amide bonds. The van der Waals surface area contributed by atoms with Gasteiger partial charge in [0.25, 0.3) is 5.56 Å². The van der Waals surface area contributed by atoms with Gasteiger partial charge in [-0.15, -0.1) is 0 Å². The van der Waals surface area contributed by atoms with Gasteiger partial charge in [-0.2, -0.15) is 4.98 Å². The number of carbonyl (C=O) groups is 5. The second-order valence-electron chi connectivity index (χ2n) is 22.0. The molecule has 4 fully saturated rings. The molecule has 1 heterocycles. The summed E-state index contributed by atoms with van der Waals surface area (Å²) in [5, 5.41) is 11.4. The molecule has 1 aromatic carbocycles. The maximum atomic E-state index is 14.3. The number of H-pyrrole nitrogens is 1. The molecular weight excluding hydrogens is 1010 g/mol. The molecule has 4 bridgehead atoms. The normalized spacial score (nSPS) is 23.5. The molecule has 0 spiro atoms. The Balaban J connectivity index is 0.954. The van der Waals surface area contributed by atoms with Crippen LogP contribution in [0.1, 0.15) is 128 Å². The Bertz CT molecular complexity index is 2950. The number of aromatic amines is 1. The summed E-state index contributed by atoms with van der Waals surface area (Å²) >= 11 is 0. The lowest BCUT2D eigenvalue weighted by Gasteiger charge is -2.35. The first-order valence-corrected chi connectivity index (χ1v) is 29.4. The van der Waals surface area contributed by atoms with Gasteiger partial charge in [-0.1, -0.05) is 84.2 Å². The maximum absolute atomic E-state index is 14.3. The molecule has 0 aliphatic heterocycles. The largest absolute Gasteiger partial charge is 0.366 e. The van der Waals surface area contributed by atoms with Crippen LogP contribution in [0.25, 0.3) is 12.2 Å². The predicted molar refractivity (Wildman–Crippen MR) is 292 cm³/mol. The molecule has 0 saturated heterocycles. The van der Waals surface area contributed by atoms with Crippen LogP contribution in [0.5, 0.6) is 0 Å². The van der Waals surface area contributed by atoms with Crippen LogP contribution in [-0.4, -0.2) is 99.0 Å². The number of unbranched alkanes of at least 4 members (excludes halogenated alkanes) is 6. The molecule has 0 radical (unpaired) electrons. The highest BCUT2D eigenvalue weighted by Gasteiger charge is 2.69. The van der Waals surface area contributed by atoms with Gasteiger partial charge >= 0.3 is 12.1 Å². The highest BCUT2D eigenvalue weighted by molar-refractivity contribution is 7.89. The van der Waals surface area contributed by atoms with Gasteiger partial charge < -0.3 is 21.4 Å². The van der Waals surface area contributed by atoms with Crippen LogP contribution in [0, 0.1) is 40.4 Å². The zero-order chi connectivity index (χ0) is 55.9. The minimum atomic E-state index is -3.83. The van der Waals surface area contributed by atoms with E-state index < -0.39 is 65.2 Å². The molecule has 4 atom stereocenters. The molecule has 21 nitrogen and oxygen atoms in total. The number of ketones is 2. The van der Waals surface area contributed by atoms with Gasteiger partial charge in [0.15, 0.2) is 11.6 Å². The molecule has 1 aromatic heterocycles. The third kappa shape index (κ3) is 13.7. The summed E-state index contributed by atoms with van der Waals surface area (Å²) in [7, 11) is -7.65. The SMILES string of the molecule is C=C(NC(=O)NCCCCCCNS(=O)(=O)CC12CCC(/C(=C\c3ccc(/C=C4/C(=O)C5(CS(=O)(=O)NCCCCCCN(N)C(=O)Nc6nc(=O)cc(C)[nH]6)CCC4C5(C)C)cc3)C1=O)C2(C)C)N/C(C)=C\C(N)=O. The number of primary amides is 1. The van der Waals surface area contributed by atoms with Crippen molar-refractivity contribution in [3.8, 4) is 0 Å². The summed E-state index contributed by atoms with van der Waals surface area (Å²) in [5.74, 6) is 4.30. The Morgan fingerprint density at radius 1 is 0.763 bits per heavy atom. The standard InChI is InChI=1S/C53H77N11O10S2/c1-34(28-43(54)65)59-36(3)61-48(69)56-24-12-8-9-13-25-57-75(71,72)32-52-22-20-41(50(52,4)5)39(45(52)67)30-37-16-18-38(19-17-37)31-40-42-21-23-53(46(40)68,51(42,6)7)33-76(73,74)58-26-14-10-11-15-27-64(55)49(70)63-47-60-35(2)29-44(66)62-47/h16-19,28-31,41-42,57-59H,3,8-15,20-27,32-33,55H2,1-2,4-7H3,(H2,54,65)(H2,56,61,69)(H2,60,62,63,66,70)/b34-28-,39-30+,40-31+. The summed E-state index contributed by atoms with van der Waals surface area (Å²) < 4.78 is 59.8. The molecule has 76 heavy (non-hydrogen) atoms. The number of sulfonamides is 2. The minimum Gasteiger partial charge on any atom is -0.366 e. The van der Waals surface area contributed by atoms with Crippen LogP contribution < -0.4 is 47.8 Å². The number of anilines is 1. The number of aryl methyl sites for hydroxylation is 1. The molecular formula is C53H77N11O10S2. The number of hydrazine groups is 1. The Kier molecular flexibility index (Phi) is 18.8. The van der Waals surface area contributed by atoms with Crippen molar-refractivity contribution in [2.75, 3.05) is 43.0 Å². The van der Waals surface area contributed by atoms with Crippen molar-refractivity contribution in [1.29, 1.82) is 0 Å². The molecule has 11 N–H and O–H groups in total. The van der Waals surface area contributed by atoms with Crippen molar-refractivity contribution in [2.24, 2.45) is 45.1 Å². The first kappa shape index (κ1) is 59.2. The highest BCUT2D eigenvalue weighted by Crippen LogP contribution is 2.67. The van der Waals surface area contributed by atoms with Crippen molar-refractivity contribution in [2.45, 2.75) is 119 Å². The van der Waals surface area contributed by atoms with Gasteiger partial charge in [0.2, 0.25) is 31.9 Å². The number of allylic oxidation sites excluding steroid dienone is 3. The van der Waals surface area contributed by atoms with Crippen LogP contribution in [-0.2, 0) is 34.4 Å². The number of benzene rings is 1. The predicted octanol–water partition coefficient (Wildman–Crippen LogP) is 4.97. The van der Waals surface area contributed by atoms with Gasteiger partial charge in [-0.25, -0.2) is 41.7 Å². The van der Waals surface area contributed by atoms with Gasteiger partial charge in [0, 0.05) is 60.9 Å². The molecule has 23 heteroatoms. The van der Waals surface area contributed by atoms with Crippen LogP contribution in [0.15, 0.2) is 70.4 Å². The van der Waals surface area contributed by atoms with Crippen molar-refractivity contribution in [1.82, 2.24) is 40.4 Å². The summed E-state index contributed by atoms with van der Waals surface area (Å²) in [6.45, 7) is 16.0. The van der Waals surface area contributed by atoms with Gasteiger partial charge in [0.1, 0.15) is 5.82 Å². The van der Waals surface area contributed by atoms with Gasteiger partial charge in [0.05, 0.1) is 22.3 Å². The fraction of sp³-hybridized carbons (Fsp3) is 0.566. The van der Waals surface area contributed by atoms with Gasteiger partial charge in [-0.3, -0.25) is 34.8 Å². The first-order chi connectivity index (χ1) is 35.6. The van der Waals surface area contributed by atoms with E-state index in [-0.39, 0.29) is 66.3 Å². The Morgan fingerprint density at radius 3 is 1.71 bits per heavy atom. The Hall–Kier alpha value is -6.01. The van der Waals surface area contributed by atoms with E-state index in [2.05, 4.69) is 47.3 Å². The lowest BCUT2D eigenvalue weighted by atomic mass is 9.70. The zero-order valence-electron chi connectivity index (χ0n) is 44.7. The molecule has 4 unspecified atom stereocenters. The number of urea groups is 2. The number of nitrogens with zero attached hydrogens (tertiary/aromatic N) is 2. The molecule has 4 aliphatic carbocycles. The lowest BCUT2D eigenvalue weighted by Crippen LogP contribution is -2.45. The number of Topliss-reactive ketones (excluding diaryl/α,β-unsaturated/α-hetero) is 2. The second-order valence-corrected chi connectivity index (χ2v) is 25.7. The number of carbonyl (C=O) groups excluding carboxylic acids is 5. The van der Waals surface area contributed by atoms with Crippen molar-refractivity contribution >= 4 is 67.7 Å². The Morgan fingerprint density at radius 2 is 1.24 bits per heavy atom. The first-order valence-electron chi connectivity index (χ1n) is 26.1. The fourth-order valence-corrected chi connectivity index (χ4v) is 15.7. The van der Waals surface area contributed by atoms with E-state index in [1.165, 1.54) is 12.1 Å². The number of amides is 5. The average molecular weight is 1090 g/mol. The average Bonchev–Trinajstić information content (AvgIpc) is 3.86. The summed E-state index contributed by atoms with van der Waals surface area (Å²) in [6, 6.07) is 7.75. The Labute approximate surface area is 446 Å². The maximum Gasteiger partial charge on any atom is 0.338 e. The zero-order valence-corrected chi connectivity index (χ0v) is 46.3. The minimum absolute atomic E-state index is 0.00136. The highest BCUT2D eigenvalue weighted by atomic mass is 32.2. The lowest BCUT2D eigenvalue weighted by molar-refractivity contribution is -0.125. The van der Waals surface area contributed by atoms with Crippen molar-refractivity contribution < 1.29 is 40.8 Å². The topological polar surface area (TPSA) is 327 Å². The number of fused-ring (bicyclic) bond motifs is 4.